The molecular formula is C3H5N2. The van der Waals surface area contributed by atoms with Crippen LogP contribution in [0.5, 0.6) is 0 Å². The van der Waals surface area contributed by atoms with Crippen molar-refractivity contribution in [3.05, 3.63) is 0 Å². The topological polar surface area (TPSA) is 26.5 Å². The summed E-state index contributed by atoms with van der Waals surface area (Å²) in [5, 5.41) is 3.79. The van der Waals surface area contributed by atoms with Gasteiger partial charge >= 0.3 is 0 Å². The summed E-state index contributed by atoms with van der Waals surface area (Å²) in [6.45, 7) is 1.81. The van der Waals surface area contributed by atoms with E-state index in [0.717, 1.165) is 13.1 Å². The average Bonchev–Trinajstić information content (AvgIpc) is 1.76. The van der Waals surface area contributed by atoms with Gasteiger partial charge in [-0.1, -0.05) is 0 Å². The molecule has 0 unspecified atom stereocenters. The van der Waals surface area contributed by atoms with Gasteiger partial charge in [0.1, 0.15) is 6.34 Å². The van der Waals surface area contributed by atoms with E-state index in [0.29, 0.717) is 0 Å². The van der Waals surface area contributed by atoms with Crippen molar-refractivity contribution in [2.45, 2.75) is 0 Å². The van der Waals surface area contributed by atoms with E-state index in [1.54, 1.807) is 6.34 Å². The summed E-state index contributed by atoms with van der Waals surface area (Å²) in [5.74, 6) is 0. The van der Waals surface area contributed by atoms with E-state index >= 15 is 0 Å². The molecule has 0 aromatic heterocycles. The van der Waals surface area contributed by atoms with Gasteiger partial charge in [-0.05, 0) is 0 Å². The highest BCUT2D eigenvalue weighted by molar-refractivity contribution is 5.55. The third kappa shape index (κ3) is 0.375. The van der Waals surface area contributed by atoms with E-state index in [1.165, 1.54) is 0 Å². The zero-order valence-electron chi connectivity index (χ0n) is 2.89. The molecule has 2 nitrogen and oxygen atoms in total. The largest absolute Gasteiger partial charge is 0.272 e. The van der Waals surface area contributed by atoms with E-state index in [9.17, 15) is 0 Å². The number of rotatable bonds is 0. The summed E-state index contributed by atoms with van der Waals surface area (Å²) in [5.41, 5.74) is 0. The molecule has 0 aromatic rings. The van der Waals surface area contributed by atoms with Gasteiger partial charge in [0.25, 0.3) is 0 Å². The second-order valence-corrected chi connectivity index (χ2v) is 0.928. The summed E-state index contributed by atoms with van der Waals surface area (Å²) < 4.78 is 0. The Hall–Kier alpha value is -0.530. The molecule has 1 rings (SSSR count). The van der Waals surface area contributed by atoms with Crippen LogP contribution in [-0.4, -0.2) is 19.4 Å². The minimum atomic E-state index is 0.903. The minimum Gasteiger partial charge on any atom is -0.272 e. The van der Waals surface area contributed by atoms with Gasteiger partial charge in [-0.15, -0.1) is 0 Å². The fourth-order valence-electron chi connectivity index (χ4n) is 0.289. The van der Waals surface area contributed by atoms with E-state index in [-0.39, 0.29) is 0 Å². The first-order valence-electron chi connectivity index (χ1n) is 1.65. The normalized spacial score (nSPS) is 19.2. The van der Waals surface area contributed by atoms with Crippen LogP contribution in [0, 0.1) is 0 Å². The molecule has 0 aliphatic carbocycles. The molecule has 0 bridgehead atoms. The van der Waals surface area contributed by atoms with Gasteiger partial charge in [0.05, 0.1) is 13.1 Å². The summed E-state index contributed by atoms with van der Waals surface area (Å²) >= 11 is 0. The second-order valence-electron chi connectivity index (χ2n) is 0.928. The van der Waals surface area contributed by atoms with E-state index < -0.39 is 0 Å². The lowest BCUT2D eigenvalue weighted by molar-refractivity contribution is 0.952. The predicted molar refractivity (Wildman–Crippen MR) is 20.4 cm³/mol. The molecule has 0 saturated carbocycles. The highest BCUT2D eigenvalue weighted by Gasteiger charge is 1.85. The van der Waals surface area contributed by atoms with Crippen molar-refractivity contribution in [1.29, 1.82) is 0 Å². The average molecular weight is 69.1 g/mol. The van der Waals surface area contributed by atoms with E-state index in [2.05, 4.69) is 10.3 Å². The van der Waals surface area contributed by atoms with Gasteiger partial charge in [-0.25, -0.2) is 0 Å². The van der Waals surface area contributed by atoms with Crippen LogP contribution < -0.4 is 5.32 Å². The van der Waals surface area contributed by atoms with Crippen molar-refractivity contribution in [3.8, 4) is 0 Å². The van der Waals surface area contributed by atoms with Crippen molar-refractivity contribution in [1.82, 2.24) is 5.32 Å². The SMILES string of the molecule is C1=NCC[N]1. The minimum absolute atomic E-state index is 0.903. The molecule has 0 spiro atoms. The molecular weight excluding hydrogens is 64.0 g/mol. The van der Waals surface area contributed by atoms with Gasteiger partial charge in [0.2, 0.25) is 0 Å². The fourth-order valence-corrected chi connectivity index (χ4v) is 0.289. The highest BCUT2D eigenvalue weighted by atomic mass is 15.0. The van der Waals surface area contributed by atoms with Crippen molar-refractivity contribution in [2.75, 3.05) is 13.1 Å². The number of aliphatic imine (C=N–C) groups is 1. The zero-order valence-corrected chi connectivity index (χ0v) is 2.89. The first-order valence-corrected chi connectivity index (χ1v) is 1.65. The van der Waals surface area contributed by atoms with Gasteiger partial charge < -0.3 is 0 Å². The number of hydrogen-bond acceptors (Lipinski definition) is 1. The van der Waals surface area contributed by atoms with Crippen LogP contribution in [0.2, 0.25) is 0 Å². The second kappa shape index (κ2) is 1.06. The van der Waals surface area contributed by atoms with Crippen LogP contribution >= 0.6 is 0 Å². The molecule has 2 heteroatoms. The number of nitrogens with zero attached hydrogens (tertiary/aromatic N) is 2. The van der Waals surface area contributed by atoms with Crippen molar-refractivity contribution >= 4 is 6.34 Å². The Morgan fingerprint density at radius 1 is 1.40 bits per heavy atom. The third-order valence-electron chi connectivity index (χ3n) is 0.521. The van der Waals surface area contributed by atoms with Crippen LogP contribution in [0.3, 0.4) is 0 Å². The molecule has 0 saturated heterocycles. The first kappa shape index (κ1) is 2.69. The zero-order chi connectivity index (χ0) is 3.54. The smallest absolute Gasteiger partial charge is 0.104 e. The molecule has 0 fully saturated rings. The maximum Gasteiger partial charge on any atom is 0.104 e. The monoisotopic (exact) mass is 69.0 g/mol. The summed E-state index contributed by atoms with van der Waals surface area (Å²) in [4.78, 5) is 3.79. The molecule has 0 N–H and O–H groups in total. The fraction of sp³-hybridized carbons (Fsp3) is 0.667. The van der Waals surface area contributed by atoms with Gasteiger partial charge in [-0.2, -0.15) is 0 Å². The Morgan fingerprint density at radius 3 is 2.60 bits per heavy atom. The number of hydrogen-bond donors (Lipinski definition) is 0. The molecule has 0 amide bonds. The van der Waals surface area contributed by atoms with Crippen molar-refractivity contribution in [2.24, 2.45) is 4.99 Å². The predicted octanol–water partition coefficient (Wildman–Crippen LogP) is -0.367. The standard InChI is InChI=1S/C3H5N2/c1-2-5-3-4-1/h3H,1-2H2. The van der Waals surface area contributed by atoms with Crippen LogP contribution in [0.25, 0.3) is 0 Å². The molecule has 1 aliphatic rings. The highest BCUT2D eigenvalue weighted by Crippen LogP contribution is 1.71. The lowest BCUT2D eigenvalue weighted by Crippen LogP contribution is -1.94. The van der Waals surface area contributed by atoms with Crippen LogP contribution in [0.1, 0.15) is 0 Å². The van der Waals surface area contributed by atoms with Crippen LogP contribution in [0.15, 0.2) is 4.99 Å². The molecule has 0 atom stereocenters. The Kier molecular flexibility index (Phi) is 0.571. The van der Waals surface area contributed by atoms with Gasteiger partial charge in [0.15, 0.2) is 0 Å². The molecule has 1 heterocycles. The van der Waals surface area contributed by atoms with Crippen molar-refractivity contribution in [3.63, 3.8) is 0 Å². The van der Waals surface area contributed by atoms with E-state index in [1.807, 2.05) is 0 Å². The molecule has 1 aliphatic heterocycles. The summed E-state index contributed by atoms with van der Waals surface area (Å²) in [6, 6.07) is 0. The first-order chi connectivity index (χ1) is 2.50. The molecule has 0 aromatic carbocycles. The van der Waals surface area contributed by atoms with Crippen LogP contribution in [-0.2, 0) is 0 Å². The summed E-state index contributed by atoms with van der Waals surface area (Å²) in [7, 11) is 0. The molecule has 27 valence electrons. The maximum atomic E-state index is 3.79. The Balaban J connectivity index is 2.32. The van der Waals surface area contributed by atoms with E-state index in [4.69, 9.17) is 0 Å². The van der Waals surface area contributed by atoms with Gasteiger partial charge in [0, 0.05) is 0 Å². The van der Waals surface area contributed by atoms with Crippen molar-refractivity contribution < 1.29 is 0 Å². The Morgan fingerprint density at radius 2 is 2.40 bits per heavy atom. The lowest BCUT2D eigenvalue weighted by atomic mass is 10.7. The molecule has 5 heavy (non-hydrogen) atoms. The quantitative estimate of drug-likeness (QED) is 0.371. The summed E-state index contributed by atoms with van der Waals surface area (Å²) in [6.07, 6.45) is 1.61. The van der Waals surface area contributed by atoms with Crippen LogP contribution in [0.4, 0.5) is 0 Å². The van der Waals surface area contributed by atoms with Gasteiger partial charge in [-0.3, -0.25) is 10.3 Å². The third-order valence-corrected chi connectivity index (χ3v) is 0.521. The molecule has 1 radical (unpaired) electrons. The Labute approximate surface area is 30.9 Å². The Bertz CT molecular complexity index is 42.9. The lowest BCUT2D eigenvalue weighted by Gasteiger charge is -1.69. The maximum absolute atomic E-state index is 3.79.